The molecule has 0 aliphatic rings. The molecule has 1 N–H and O–H groups in total. The Morgan fingerprint density at radius 2 is 2.00 bits per heavy atom. The number of carbonyl (C=O) groups is 1. The van der Waals surface area contributed by atoms with Crippen molar-refractivity contribution in [2.24, 2.45) is 0 Å². The molecule has 0 spiro atoms. The quantitative estimate of drug-likeness (QED) is 0.573. The molecule has 3 aromatic rings. The number of H-pyrrole nitrogens is 1. The van der Waals surface area contributed by atoms with Gasteiger partial charge in [-0.1, -0.05) is 11.6 Å². The summed E-state index contributed by atoms with van der Waals surface area (Å²) >= 11 is 5.84. The molecule has 0 radical (unpaired) electrons. The van der Waals surface area contributed by atoms with Crippen LogP contribution in [0.2, 0.25) is 5.02 Å². The number of halogens is 4. The number of nitrogens with one attached hydrogen (secondary N) is 1. The maximum absolute atomic E-state index is 13.4. The summed E-state index contributed by atoms with van der Waals surface area (Å²) in [4.78, 5) is 39.2. The number of nitriles is 1. The van der Waals surface area contributed by atoms with Crippen molar-refractivity contribution in [2.75, 3.05) is 0 Å². The van der Waals surface area contributed by atoms with E-state index in [1.165, 1.54) is 6.07 Å². The topological polar surface area (TPSA) is 131 Å². The third-order valence-electron chi connectivity index (χ3n) is 4.05. The first-order valence-corrected chi connectivity index (χ1v) is 9.02. The van der Waals surface area contributed by atoms with Gasteiger partial charge >= 0.3 is 6.18 Å². The summed E-state index contributed by atoms with van der Waals surface area (Å²) in [6.45, 7) is 0.725. The van der Waals surface area contributed by atoms with Crippen molar-refractivity contribution in [1.29, 1.82) is 5.26 Å². The van der Waals surface area contributed by atoms with Gasteiger partial charge in [0.25, 0.3) is 11.1 Å². The highest BCUT2D eigenvalue weighted by Gasteiger charge is 2.38. The van der Waals surface area contributed by atoms with Gasteiger partial charge in [-0.2, -0.15) is 23.5 Å². The number of hydrogen-bond acceptors (Lipinski definition) is 7. The van der Waals surface area contributed by atoms with E-state index in [4.69, 9.17) is 21.6 Å². The van der Waals surface area contributed by atoms with Crippen molar-refractivity contribution in [2.45, 2.75) is 19.6 Å². The van der Waals surface area contributed by atoms with Crippen LogP contribution in [0, 0.1) is 11.3 Å². The Morgan fingerprint density at radius 3 is 2.62 bits per heavy atom. The Morgan fingerprint density at radius 1 is 1.28 bits per heavy atom. The molecule has 0 saturated carbocycles. The summed E-state index contributed by atoms with van der Waals surface area (Å²) in [6, 6.07) is 6.37. The van der Waals surface area contributed by atoms with Crippen molar-refractivity contribution in [3.8, 4) is 17.6 Å². The minimum absolute atomic E-state index is 0.000485. The standard InChI is InChI=1S/C19H11ClF3N5O4/c1-9(29)14-5-12(26-27-17(14)30)7-28-8-25-16(19(21,22)23)15(18(28)31)32-13-3-10(6-24)2-11(20)4-13/h2-5,8H,7H2,1H3,(H,27,30). The summed E-state index contributed by atoms with van der Waals surface area (Å²) in [6.07, 6.45) is -4.39. The molecule has 0 aliphatic heterocycles. The van der Waals surface area contributed by atoms with Crippen LogP contribution in [0.1, 0.15) is 34.2 Å². The minimum atomic E-state index is -5.03. The molecule has 9 nitrogen and oxygen atoms in total. The highest BCUT2D eigenvalue weighted by molar-refractivity contribution is 6.30. The van der Waals surface area contributed by atoms with Crippen molar-refractivity contribution in [1.82, 2.24) is 19.7 Å². The van der Waals surface area contributed by atoms with E-state index in [0.29, 0.717) is 6.33 Å². The van der Waals surface area contributed by atoms with Crippen LogP contribution in [-0.4, -0.2) is 25.5 Å². The maximum atomic E-state index is 13.4. The second kappa shape index (κ2) is 8.64. The van der Waals surface area contributed by atoms with Crippen LogP contribution in [0.25, 0.3) is 0 Å². The summed E-state index contributed by atoms with van der Waals surface area (Å²) in [5.74, 6) is -1.99. The average molecular weight is 466 g/mol. The van der Waals surface area contributed by atoms with Crippen molar-refractivity contribution in [3.63, 3.8) is 0 Å². The number of ether oxygens (including phenoxy) is 1. The van der Waals surface area contributed by atoms with E-state index in [9.17, 15) is 27.6 Å². The monoisotopic (exact) mass is 465 g/mol. The molecule has 2 aromatic heterocycles. The lowest BCUT2D eigenvalue weighted by molar-refractivity contribution is -0.142. The Labute approximate surface area is 181 Å². The average Bonchev–Trinajstić information content (AvgIpc) is 2.70. The number of Topliss-reactive ketones (excluding diaryl/α,β-unsaturated/α-hetero) is 1. The van der Waals surface area contributed by atoms with Crippen molar-refractivity contribution < 1.29 is 22.7 Å². The van der Waals surface area contributed by atoms with Crippen LogP contribution in [0.5, 0.6) is 11.5 Å². The molecule has 1 aromatic carbocycles. The Hall–Kier alpha value is -3.98. The van der Waals surface area contributed by atoms with Crippen molar-refractivity contribution >= 4 is 17.4 Å². The number of rotatable bonds is 5. The van der Waals surface area contributed by atoms with E-state index >= 15 is 0 Å². The number of aromatic nitrogens is 4. The van der Waals surface area contributed by atoms with Gasteiger partial charge in [-0.25, -0.2) is 10.1 Å². The maximum Gasteiger partial charge on any atom is 0.437 e. The molecule has 164 valence electrons. The zero-order valence-electron chi connectivity index (χ0n) is 16.0. The second-order valence-corrected chi connectivity index (χ2v) is 6.84. The van der Waals surface area contributed by atoms with Crippen LogP contribution >= 0.6 is 11.6 Å². The van der Waals surface area contributed by atoms with Crippen molar-refractivity contribution in [3.05, 3.63) is 78.8 Å². The third kappa shape index (κ3) is 4.84. The normalized spacial score (nSPS) is 11.1. The van der Waals surface area contributed by atoms with E-state index in [1.807, 2.05) is 0 Å². The van der Waals surface area contributed by atoms with Gasteiger partial charge in [-0.05, 0) is 31.2 Å². The zero-order chi connectivity index (χ0) is 23.6. The lowest BCUT2D eigenvalue weighted by Gasteiger charge is -2.14. The fourth-order valence-corrected chi connectivity index (χ4v) is 2.87. The summed E-state index contributed by atoms with van der Waals surface area (Å²) in [7, 11) is 0. The Kier molecular flexibility index (Phi) is 6.13. The Bertz CT molecular complexity index is 1380. The largest absolute Gasteiger partial charge is 0.449 e. The van der Waals surface area contributed by atoms with Crippen LogP contribution in [-0.2, 0) is 12.7 Å². The highest BCUT2D eigenvalue weighted by Crippen LogP contribution is 2.35. The molecule has 0 bridgehead atoms. The van der Waals surface area contributed by atoms with Crippen LogP contribution in [0.4, 0.5) is 13.2 Å². The number of aromatic amines is 1. The molecular weight excluding hydrogens is 455 g/mol. The number of hydrogen-bond donors (Lipinski definition) is 1. The number of carbonyl (C=O) groups excluding carboxylic acids is 1. The van der Waals surface area contributed by atoms with Gasteiger partial charge in [0.05, 0.1) is 35.8 Å². The molecule has 13 heteroatoms. The van der Waals surface area contributed by atoms with Gasteiger partial charge < -0.3 is 4.74 Å². The number of ketones is 1. The molecule has 32 heavy (non-hydrogen) atoms. The van der Waals surface area contributed by atoms with E-state index in [0.717, 1.165) is 29.7 Å². The summed E-state index contributed by atoms with van der Waals surface area (Å²) < 4.78 is 46.2. The van der Waals surface area contributed by atoms with Crippen LogP contribution in [0.3, 0.4) is 0 Å². The first-order valence-electron chi connectivity index (χ1n) is 8.64. The molecule has 0 atom stereocenters. The van der Waals surface area contributed by atoms with E-state index in [-0.39, 0.29) is 27.6 Å². The number of alkyl halides is 3. The fourth-order valence-electron chi connectivity index (χ4n) is 2.65. The SMILES string of the molecule is CC(=O)c1cc(Cn2cnc(C(F)(F)F)c(Oc3cc(Cl)cc(C#N)c3)c2=O)n[nH]c1=O. The molecule has 0 amide bonds. The molecular formula is C19H11ClF3N5O4. The third-order valence-corrected chi connectivity index (χ3v) is 4.27. The highest BCUT2D eigenvalue weighted by atomic mass is 35.5. The predicted octanol–water partition coefficient (Wildman–Crippen LogP) is 2.91. The molecule has 0 fully saturated rings. The molecule has 2 heterocycles. The predicted molar refractivity (Wildman–Crippen MR) is 104 cm³/mol. The summed E-state index contributed by atoms with van der Waals surface area (Å²) in [5, 5.41) is 14.8. The zero-order valence-corrected chi connectivity index (χ0v) is 16.8. The molecule has 3 rings (SSSR count). The Balaban J connectivity index is 2.10. The van der Waals surface area contributed by atoms with Crippen LogP contribution in [0.15, 0.2) is 40.2 Å². The van der Waals surface area contributed by atoms with Gasteiger partial charge in [-0.15, -0.1) is 0 Å². The molecule has 0 unspecified atom stereocenters. The first kappa shape index (κ1) is 22.7. The lowest BCUT2D eigenvalue weighted by atomic mass is 10.2. The van der Waals surface area contributed by atoms with Gasteiger partial charge in [0.2, 0.25) is 5.75 Å². The number of benzene rings is 1. The minimum Gasteiger partial charge on any atom is -0.449 e. The smallest absolute Gasteiger partial charge is 0.437 e. The van der Waals surface area contributed by atoms with Gasteiger partial charge in [-0.3, -0.25) is 19.0 Å². The van der Waals surface area contributed by atoms with Gasteiger partial charge in [0.15, 0.2) is 11.5 Å². The van der Waals surface area contributed by atoms with E-state index in [1.54, 1.807) is 6.07 Å². The molecule has 0 aliphatic carbocycles. The first-order chi connectivity index (χ1) is 15.0. The van der Waals surface area contributed by atoms with E-state index in [2.05, 4.69) is 15.2 Å². The number of nitrogens with zero attached hydrogens (tertiary/aromatic N) is 4. The van der Waals surface area contributed by atoms with Gasteiger partial charge in [0, 0.05) is 5.02 Å². The molecule has 0 saturated heterocycles. The lowest BCUT2D eigenvalue weighted by Crippen LogP contribution is -2.28. The van der Waals surface area contributed by atoms with E-state index < -0.39 is 41.1 Å². The van der Waals surface area contributed by atoms with Crippen LogP contribution < -0.4 is 15.9 Å². The summed E-state index contributed by atoms with van der Waals surface area (Å²) in [5.41, 5.74) is -3.78. The second-order valence-electron chi connectivity index (χ2n) is 6.40. The van der Waals surface area contributed by atoms with Gasteiger partial charge in [0.1, 0.15) is 5.75 Å². The fraction of sp³-hybridized carbons (Fsp3) is 0.158.